The van der Waals surface area contributed by atoms with Gasteiger partial charge in [-0.1, -0.05) is 11.3 Å². The van der Waals surface area contributed by atoms with Crippen molar-refractivity contribution in [3.8, 4) is 11.7 Å². The quantitative estimate of drug-likeness (QED) is 0.487. The average Bonchev–Trinajstić information content (AvgIpc) is 3.35. The van der Waals surface area contributed by atoms with Crippen molar-refractivity contribution < 1.29 is 4.74 Å². The Bertz CT molecular complexity index is 1130. The first-order chi connectivity index (χ1) is 14.7. The number of nitrogens with zero attached hydrogens (tertiary/aromatic N) is 7. The molecule has 5 heterocycles. The van der Waals surface area contributed by atoms with E-state index < -0.39 is 0 Å². The summed E-state index contributed by atoms with van der Waals surface area (Å²) in [5.41, 5.74) is 2.98. The van der Waals surface area contributed by atoms with Gasteiger partial charge in [-0.3, -0.25) is 4.98 Å². The second kappa shape index (κ2) is 7.98. The fourth-order valence-electron chi connectivity index (χ4n) is 3.78. The second-order valence-electron chi connectivity index (χ2n) is 7.63. The zero-order chi connectivity index (χ0) is 20.5. The van der Waals surface area contributed by atoms with Crippen molar-refractivity contribution in [1.82, 2.24) is 29.7 Å². The SMILES string of the molecule is Cc1cc(C)n(-c2cc(OCC3CCN(c4nc5cnccc5s4)CC3)ncn2)n1. The molecule has 8 nitrogen and oxygen atoms in total. The molecular formula is C21H23N7OS. The van der Waals surface area contributed by atoms with Gasteiger partial charge in [0.15, 0.2) is 10.9 Å². The largest absolute Gasteiger partial charge is 0.477 e. The fourth-order valence-corrected chi connectivity index (χ4v) is 4.77. The van der Waals surface area contributed by atoms with Crippen LogP contribution in [0.2, 0.25) is 0 Å². The van der Waals surface area contributed by atoms with Crippen LogP contribution in [0.3, 0.4) is 0 Å². The van der Waals surface area contributed by atoms with Crippen LogP contribution in [0.15, 0.2) is 36.9 Å². The summed E-state index contributed by atoms with van der Waals surface area (Å²) < 4.78 is 9.01. The van der Waals surface area contributed by atoms with Crippen LogP contribution in [0, 0.1) is 19.8 Å². The average molecular weight is 422 g/mol. The highest BCUT2D eigenvalue weighted by atomic mass is 32.1. The van der Waals surface area contributed by atoms with Crippen molar-refractivity contribution in [1.29, 1.82) is 0 Å². The van der Waals surface area contributed by atoms with Gasteiger partial charge in [-0.2, -0.15) is 5.10 Å². The normalized spacial score (nSPS) is 15.1. The molecule has 0 N–H and O–H groups in total. The molecule has 9 heteroatoms. The molecule has 0 spiro atoms. The highest BCUT2D eigenvalue weighted by Crippen LogP contribution is 2.31. The third-order valence-electron chi connectivity index (χ3n) is 5.38. The number of anilines is 1. The first kappa shape index (κ1) is 18.9. The highest BCUT2D eigenvalue weighted by molar-refractivity contribution is 7.22. The Morgan fingerprint density at radius 1 is 1.17 bits per heavy atom. The maximum absolute atomic E-state index is 6.01. The third kappa shape index (κ3) is 3.85. The number of rotatable bonds is 5. The zero-order valence-corrected chi connectivity index (χ0v) is 17.8. The van der Waals surface area contributed by atoms with Gasteiger partial charge < -0.3 is 9.64 Å². The summed E-state index contributed by atoms with van der Waals surface area (Å²) >= 11 is 1.74. The molecule has 4 aromatic rings. The number of ether oxygens (including phenoxy) is 1. The topological polar surface area (TPSA) is 81.9 Å². The minimum Gasteiger partial charge on any atom is -0.477 e. The maximum Gasteiger partial charge on any atom is 0.218 e. The summed E-state index contributed by atoms with van der Waals surface area (Å²) in [7, 11) is 0. The minimum atomic E-state index is 0.504. The van der Waals surface area contributed by atoms with E-state index in [4.69, 9.17) is 9.72 Å². The number of thiazole rings is 1. The molecule has 1 saturated heterocycles. The van der Waals surface area contributed by atoms with Gasteiger partial charge in [-0.25, -0.2) is 19.6 Å². The lowest BCUT2D eigenvalue weighted by molar-refractivity contribution is 0.215. The first-order valence-corrected chi connectivity index (χ1v) is 10.9. The Kier molecular flexibility index (Phi) is 5.04. The number of pyridine rings is 1. The van der Waals surface area contributed by atoms with Gasteiger partial charge in [0.2, 0.25) is 5.88 Å². The van der Waals surface area contributed by atoms with E-state index in [1.165, 1.54) is 11.0 Å². The summed E-state index contributed by atoms with van der Waals surface area (Å²) in [5, 5.41) is 5.57. The van der Waals surface area contributed by atoms with Crippen molar-refractivity contribution in [3.05, 3.63) is 48.3 Å². The van der Waals surface area contributed by atoms with E-state index in [0.29, 0.717) is 18.4 Å². The molecular weight excluding hydrogens is 398 g/mol. The van der Waals surface area contributed by atoms with Crippen LogP contribution in [-0.4, -0.2) is 49.4 Å². The van der Waals surface area contributed by atoms with E-state index in [1.807, 2.05) is 49.1 Å². The Balaban J connectivity index is 1.18. The van der Waals surface area contributed by atoms with Gasteiger partial charge in [0.05, 0.1) is 23.2 Å². The molecule has 30 heavy (non-hydrogen) atoms. The van der Waals surface area contributed by atoms with Crippen LogP contribution in [0.1, 0.15) is 24.2 Å². The lowest BCUT2D eigenvalue weighted by atomic mass is 9.98. The van der Waals surface area contributed by atoms with Gasteiger partial charge in [0.25, 0.3) is 0 Å². The summed E-state index contributed by atoms with van der Waals surface area (Å²) in [6.45, 7) is 6.62. The lowest BCUT2D eigenvalue weighted by Gasteiger charge is -2.31. The molecule has 0 bridgehead atoms. The highest BCUT2D eigenvalue weighted by Gasteiger charge is 2.22. The molecule has 0 aromatic carbocycles. The van der Waals surface area contributed by atoms with Crippen molar-refractivity contribution >= 4 is 26.7 Å². The molecule has 0 unspecified atom stereocenters. The number of piperidine rings is 1. The molecule has 0 aliphatic carbocycles. The molecule has 1 aliphatic rings. The fraction of sp³-hybridized carbons (Fsp3) is 0.381. The smallest absolute Gasteiger partial charge is 0.218 e. The molecule has 5 rings (SSSR count). The van der Waals surface area contributed by atoms with Crippen LogP contribution in [-0.2, 0) is 0 Å². The molecule has 1 fully saturated rings. The van der Waals surface area contributed by atoms with Crippen molar-refractivity contribution in [2.24, 2.45) is 5.92 Å². The van der Waals surface area contributed by atoms with Crippen LogP contribution in [0.4, 0.5) is 5.13 Å². The van der Waals surface area contributed by atoms with Crippen molar-refractivity contribution in [2.75, 3.05) is 24.6 Å². The maximum atomic E-state index is 6.01. The van der Waals surface area contributed by atoms with E-state index in [9.17, 15) is 0 Å². The van der Waals surface area contributed by atoms with Gasteiger partial charge in [0.1, 0.15) is 11.8 Å². The Hall–Kier alpha value is -3.07. The molecule has 1 aliphatic heterocycles. The minimum absolute atomic E-state index is 0.504. The van der Waals surface area contributed by atoms with Crippen molar-refractivity contribution in [3.63, 3.8) is 0 Å². The Labute approximate surface area is 178 Å². The zero-order valence-electron chi connectivity index (χ0n) is 17.0. The summed E-state index contributed by atoms with van der Waals surface area (Å²) in [6.07, 6.45) is 7.33. The van der Waals surface area contributed by atoms with Gasteiger partial charge in [-0.05, 0) is 44.7 Å². The Morgan fingerprint density at radius 2 is 2.03 bits per heavy atom. The van der Waals surface area contributed by atoms with Crippen LogP contribution < -0.4 is 9.64 Å². The van der Waals surface area contributed by atoms with Crippen LogP contribution in [0.25, 0.3) is 16.0 Å². The van der Waals surface area contributed by atoms with E-state index in [0.717, 1.165) is 53.8 Å². The van der Waals surface area contributed by atoms with Gasteiger partial charge in [0, 0.05) is 31.0 Å². The summed E-state index contributed by atoms with van der Waals surface area (Å²) in [5.74, 6) is 1.82. The number of aromatic nitrogens is 6. The van der Waals surface area contributed by atoms with Crippen LogP contribution in [0.5, 0.6) is 5.88 Å². The van der Waals surface area contributed by atoms with E-state index in [-0.39, 0.29) is 0 Å². The number of hydrogen-bond acceptors (Lipinski definition) is 8. The standard InChI is InChI=1S/C21H23N7OS/c1-14-9-15(2)28(26-14)19-10-20(24-13-23-19)29-12-16-4-7-27(8-5-16)21-25-17-11-22-6-3-18(17)30-21/h3,6,9-11,13,16H,4-5,7-8,12H2,1-2H3. The van der Waals surface area contributed by atoms with Crippen LogP contribution >= 0.6 is 11.3 Å². The van der Waals surface area contributed by atoms with E-state index >= 15 is 0 Å². The number of fused-ring (bicyclic) bond motifs is 1. The molecule has 4 aromatic heterocycles. The predicted molar refractivity (Wildman–Crippen MR) is 116 cm³/mol. The van der Waals surface area contributed by atoms with E-state index in [2.05, 4.69) is 25.0 Å². The monoisotopic (exact) mass is 421 g/mol. The second-order valence-corrected chi connectivity index (χ2v) is 8.64. The van der Waals surface area contributed by atoms with Gasteiger partial charge >= 0.3 is 0 Å². The summed E-state index contributed by atoms with van der Waals surface area (Å²) in [4.78, 5) is 19.9. The first-order valence-electron chi connectivity index (χ1n) is 10.1. The molecule has 0 amide bonds. The predicted octanol–water partition coefficient (Wildman–Crippen LogP) is 3.58. The van der Waals surface area contributed by atoms with Gasteiger partial charge in [-0.15, -0.1) is 0 Å². The number of aryl methyl sites for hydroxylation is 2. The lowest BCUT2D eigenvalue weighted by Crippen LogP contribution is -2.35. The number of hydrogen-bond donors (Lipinski definition) is 0. The molecule has 0 saturated carbocycles. The van der Waals surface area contributed by atoms with E-state index in [1.54, 1.807) is 11.3 Å². The Morgan fingerprint density at radius 3 is 2.80 bits per heavy atom. The third-order valence-corrected chi connectivity index (χ3v) is 6.48. The van der Waals surface area contributed by atoms with Crippen molar-refractivity contribution in [2.45, 2.75) is 26.7 Å². The molecule has 0 atom stereocenters. The summed E-state index contributed by atoms with van der Waals surface area (Å²) in [6, 6.07) is 5.90. The molecule has 154 valence electrons. The molecule has 0 radical (unpaired) electrons.